The number of hydrogen-bond acceptors (Lipinski definition) is 3. The Morgan fingerprint density at radius 3 is 2.62 bits per heavy atom. The van der Waals surface area contributed by atoms with Gasteiger partial charge in [-0.15, -0.1) is 0 Å². The van der Waals surface area contributed by atoms with Gasteiger partial charge in [-0.1, -0.05) is 45.4 Å². The number of epoxide rings is 1. The van der Waals surface area contributed by atoms with Crippen molar-refractivity contribution in [3.05, 3.63) is 0 Å². The van der Waals surface area contributed by atoms with Gasteiger partial charge in [0.25, 0.3) is 0 Å². The highest BCUT2D eigenvalue weighted by Crippen LogP contribution is 2.49. The normalized spacial score (nSPS) is 30.8. The van der Waals surface area contributed by atoms with Crippen LogP contribution in [0.25, 0.3) is 0 Å². The van der Waals surface area contributed by atoms with E-state index in [1.54, 1.807) is 0 Å². The van der Waals surface area contributed by atoms with Gasteiger partial charge >= 0.3 is 5.97 Å². The van der Waals surface area contributed by atoms with E-state index in [4.69, 9.17) is 9.47 Å². The molecule has 2 rings (SSSR count). The Morgan fingerprint density at radius 2 is 1.90 bits per heavy atom. The van der Waals surface area contributed by atoms with Crippen molar-refractivity contribution in [3.63, 3.8) is 0 Å². The maximum Gasteiger partial charge on any atom is 0.305 e. The number of unbranched alkanes of at least 4 members (excludes halogenated alkanes) is 6. The fraction of sp³-hybridized carbons (Fsp3) is 0.944. The minimum absolute atomic E-state index is 0.00592. The highest BCUT2D eigenvalue weighted by Gasteiger charge is 2.55. The molecule has 1 aliphatic heterocycles. The first-order valence-electron chi connectivity index (χ1n) is 8.97. The highest BCUT2D eigenvalue weighted by atomic mass is 16.6. The molecule has 0 aromatic rings. The van der Waals surface area contributed by atoms with Crippen molar-refractivity contribution in [1.29, 1.82) is 0 Å². The molecule has 2 aliphatic rings. The van der Waals surface area contributed by atoms with Gasteiger partial charge in [0.1, 0.15) is 0 Å². The van der Waals surface area contributed by atoms with Crippen LogP contribution in [0, 0.1) is 5.92 Å². The van der Waals surface area contributed by atoms with Crippen LogP contribution in [0.4, 0.5) is 0 Å². The number of rotatable bonds is 10. The Morgan fingerprint density at radius 1 is 1.19 bits per heavy atom. The Balaban J connectivity index is 1.43. The van der Waals surface area contributed by atoms with Crippen molar-refractivity contribution >= 4 is 5.97 Å². The van der Waals surface area contributed by atoms with Crippen LogP contribution in [0.15, 0.2) is 0 Å². The zero-order valence-electron chi connectivity index (χ0n) is 13.9. The number of hydrogen-bond donors (Lipinski definition) is 0. The molecule has 21 heavy (non-hydrogen) atoms. The summed E-state index contributed by atoms with van der Waals surface area (Å²) in [6.07, 6.45) is 13.0. The van der Waals surface area contributed by atoms with E-state index in [1.807, 2.05) is 0 Å². The van der Waals surface area contributed by atoms with Gasteiger partial charge in [-0.25, -0.2) is 0 Å². The van der Waals surface area contributed by atoms with Crippen molar-refractivity contribution < 1.29 is 14.3 Å². The average molecular weight is 296 g/mol. The van der Waals surface area contributed by atoms with E-state index in [0.717, 1.165) is 32.1 Å². The van der Waals surface area contributed by atoms with Gasteiger partial charge in [-0.2, -0.15) is 0 Å². The number of carbonyl (C=O) groups excluding carboxylic acids is 1. The SMILES string of the molecule is CCCCCCCCCC(=O)OCC1CCC2(C)OC2C1. The van der Waals surface area contributed by atoms with Gasteiger partial charge in [-0.3, -0.25) is 4.79 Å². The Labute approximate surface area is 129 Å². The van der Waals surface area contributed by atoms with Crippen molar-refractivity contribution in [3.8, 4) is 0 Å². The molecule has 0 N–H and O–H groups in total. The van der Waals surface area contributed by atoms with Gasteiger partial charge in [0.2, 0.25) is 0 Å². The third-order valence-corrected chi connectivity index (χ3v) is 5.10. The number of esters is 1. The molecule has 1 saturated heterocycles. The van der Waals surface area contributed by atoms with Gasteiger partial charge in [0.05, 0.1) is 18.3 Å². The second-order valence-corrected chi connectivity index (χ2v) is 7.11. The minimum atomic E-state index is -0.00592. The molecule has 0 bridgehead atoms. The molecule has 2 fully saturated rings. The maximum atomic E-state index is 11.7. The second kappa shape index (κ2) is 8.17. The van der Waals surface area contributed by atoms with E-state index in [9.17, 15) is 4.79 Å². The average Bonchev–Trinajstić information content (AvgIpc) is 3.15. The first-order valence-corrected chi connectivity index (χ1v) is 8.97. The summed E-state index contributed by atoms with van der Waals surface area (Å²) in [6, 6.07) is 0. The highest BCUT2D eigenvalue weighted by molar-refractivity contribution is 5.69. The minimum Gasteiger partial charge on any atom is -0.465 e. The van der Waals surface area contributed by atoms with Crippen LogP contribution in [-0.2, 0) is 14.3 Å². The predicted octanol–water partition coefficient (Wildman–Crippen LogP) is 4.63. The van der Waals surface area contributed by atoms with Crippen molar-refractivity contribution in [2.75, 3.05) is 6.61 Å². The summed E-state index contributed by atoms with van der Waals surface area (Å²) in [5, 5.41) is 0. The summed E-state index contributed by atoms with van der Waals surface area (Å²) in [6.45, 7) is 5.03. The van der Waals surface area contributed by atoms with Gasteiger partial charge < -0.3 is 9.47 Å². The van der Waals surface area contributed by atoms with Crippen molar-refractivity contribution in [1.82, 2.24) is 0 Å². The fourth-order valence-electron chi connectivity index (χ4n) is 3.38. The van der Waals surface area contributed by atoms with Crippen molar-refractivity contribution in [2.24, 2.45) is 5.92 Å². The lowest BCUT2D eigenvalue weighted by Crippen LogP contribution is -2.25. The molecule has 0 radical (unpaired) electrons. The molecule has 0 aromatic carbocycles. The molecule has 3 heteroatoms. The summed E-state index contributed by atoms with van der Waals surface area (Å²) in [5.74, 6) is 0.511. The van der Waals surface area contributed by atoms with Gasteiger partial charge in [-0.05, 0) is 38.5 Å². The summed E-state index contributed by atoms with van der Waals surface area (Å²) in [5.41, 5.74) is 0.165. The van der Waals surface area contributed by atoms with E-state index in [2.05, 4.69) is 13.8 Å². The van der Waals surface area contributed by atoms with Gasteiger partial charge in [0, 0.05) is 6.42 Å². The topological polar surface area (TPSA) is 38.8 Å². The number of fused-ring (bicyclic) bond motifs is 1. The molecular weight excluding hydrogens is 264 g/mol. The zero-order chi connectivity index (χ0) is 15.1. The Hall–Kier alpha value is -0.570. The molecule has 0 spiro atoms. The molecule has 3 unspecified atom stereocenters. The maximum absolute atomic E-state index is 11.7. The van der Waals surface area contributed by atoms with Crippen LogP contribution in [0.1, 0.15) is 84.5 Å². The zero-order valence-corrected chi connectivity index (χ0v) is 13.9. The first kappa shape index (κ1) is 16.8. The third kappa shape index (κ3) is 5.61. The molecular formula is C18H32O3. The lowest BCUT2D eigenvalue weighted by atomic mass is 9.83. The van der Waals surface area contributed by atoms with Crippen LogP contribution in [-0.4, -0.2) is 24.3 Å². The van der Waals surface area contributed by atoms with Crippen LogP contribution in [0.3, 0.4) is 0 Å². The quantitative estimate of drug-likeness (QED) is 0.335. The van der Waals surface area contributed by atoms with E-state index in [1.165, 1.54) is 32.1 Å². The summed E-state index contributed by atoms with van der Waals surface area (Å²) >= 11 is 0. The van der Waals surface area contributed by atoms with Crippen molar-refractivity contribution in [2.45, 2.75) is 96.2 Å². The molecule has 0 amide bonds. The Bertz CT molecular complexity index is 328. The first-order chi connectivity index (χ1) is 10.1. The standard InChI is InChI=1S/C18H32O3/c1-3-4-5-6-7-8-9-10-17(19)20-14-15-11-12-18(2)16(13-15)21-18/h15-16H,3-14H2,1-2H3. The van der Waals surface area contributed by atoms with E-state index < -0.39 is 0 Å². The van der Waals surface area contributed by atoms with E-state index in [-0.39, 0.29) is 11.6 Å². The summed E-state index contributed by atoms with van der Waals surface area (Å²) in [7, 11) is 0. The molecule has 3 atom stereocenters. The van der Waals surface area contributed by atoms with E-state index >= 15 is 0 Å². The second-order valence-electron chi connectivity index (χ2n) is 7.11. The molecule has 122 valence electrons. The smallest absolute Gasteiger partial charge is 0.305 e. The molecule has 3 nitrogen and oxygen atoms in total. The largest absolute Gasteiger partial charge is 0.465 e. The summed E-state index contributed by atoms with van der Waals surface area (Å²) < 4.78 is 11.1. The van der Waals surface area contributed by atoms with Crippen LogP contribution in [0.2, 0.25) is 0 Å². The van der Waals surface area contributed by atoms with Gasteiger partial charge in [0.15, 0.2) is 0 Å². The fourth-order valence-corrected chi connectivity index (χ4v) is 3.38. The summed E-state index contributed by atoms with van der Waals surface area (Å²) in [4.78, 5) is 11.7. The lowest BCUT2D eigenvalue weighted by Gasteiger charge is -2.21. The monoisotopic (exact) mass is 296 g/mol. The van der Waals surface area contributed by atoms with E-state index in [0.29, 0.717) is 25.0 Å². The molecule has 0 aromatic heterocycles. The third-order valence-electron chi connectivity index (χ3n) is 5.10. The molecule has 1 saturated carbocycles. The predicted molar refractivity (Wildman–Crippen MR) is 84.2 cm³/mol. The van der Waals surface area contributed by atoms with Crippen LogP contribution in [0.5, 0.6) is 0 Å². The molecule has 1 aliphatic carbocycles. The van der Waals surface area contributed by atoms with Crippen LogP contribution >= 0.6 is 0 Å². The lowest BCUT2D eigenvalue weighted by molar-refractivity contribution is -0.145. The molecule has 1 heterocycles. The Kier molecular flexibility index (Phi) is 6.53. The number of carbonyl (C=O) groups is 1. The van der Waals surface area contributed by atoms with Crippen LogP contribution < -0.4 is 0 Å². The number of ether oxygens (including phenoxy) is 2.